The van der Waals surface area contributed by atoms with Crippen LogP contribution in [0.25, 0.3) is 0 Å². The Bertz CT molecular complexity index is 2300. The number of carbonyl (C=O) groups excluding carboxylic acids is 1. The first kappa shape index (κ1) is 94.7. The van der Waals surface area contributed by atoms with Crippen molar-refractivity contribution in [2.75, 3.05) is 26.4 Å². The maximum absolute atomic E-state index is 13.5. The second-order valence-corrected chi connectivity index (χ2v) is 28.9. The number of carbonyl (C=O) groups is 1. The second-order valence-electron chi connectivity index (χ2n) is 28.9. The van der Waals surface area contributed by atoms with Gasteiger partial charge in [-0.1, -0.05) is 309 Å². The molecule has 19 heteroatoms. The molecule has 3 saturated heterocycles. The van der Waals surface area contributed by atoms with Gasteiger partial charge in [-0.05, 0) is 83.5 Å². The Balaban J connectivity index is 1.39. The van der Waals surface area contributed by atoms with Crippen LogP contribution in [0.4, 0.5) is 0 Å². The van der Waals surface area contributed by atoms with E-state index in [1.807, 2.05) is 0 Å². The Kier molecular flexibility index (Phi) is 58.5. The van der Waals surface area contributed by atoms with Gasteiger partial charge < -0.3 is 89.9 Å². The van der Waals surface area contributed by atoms with E-state index in [1.165, 1.54) is 154 Å². The van der Waals surface area contributed by atoms with Crippen LogP contribution in [0.2, 0.25) is 0 Å². The first-order valence-corrected chi connectivity index (χ1v) is 41.1. The summed E-state index contributed by atoms with van der Waals surface area (Å²) in [6.07, 6.45) is 61.7. The molecule has 0 bridgehead atoms. The third kappa shape index (κ3) is 43.6. The lowest BCUT2D eigenvalue weighted by Crippen LogP contribution is -2.66. The summed E-state index contributed by atoms with van der Waals surface area (Å²) in [5, 5.41) is 121. The average molecular weight is 1470 g/mol. The van der Waals surface area contributed by atoms with E-state index in [9.17, 15) is 61.0 Å². The number of hydrogen-bond donors (Lipinski definition) is 12. The maximum atomic E-state index is 13.5. The zero-order valence-corrected chi connectivity index (χ0v) is 64.2. The SMILES string of the molecule is CC/C=C\C/C=C\C/C=C\C/C=C\C/C=C\C/C=C\C/C=C\C/C=C\C/C=C\CCCCCC(=O)NC(COC1OC(CO)C(OC2OC(CO)C(OC3OC(CO)C(O)C(O)C3O)C(O)C2O)C(O)C1O)C(O)CCCCCCCCCCCCCCCCCCCCCCCCCCCCCC. The number of ether oxygens (including phenoxy) is 6. The molecule has 600 valence electrons. The molecule has 12 N–H and O–H groups in total. The molecular formula is C85H147NO18. The number of amides is 1. The fourth-order valence-corrected chi connectivity index (χ4v) is 13.3. The zero-order valence-electron chi connectivity index (χ0n) is 64.2. The van der Waals surface area contributed by atoms with Gasteiger partial charge in [-0.3, -0.25) is 4.79 Å². The molecule has 0 saturated carbocycles. The molecular weight excluding hydrogens is 1320 g/mol. The third-order valence-corrected chi connectivity index (χ3v) is 19.9. The number of allylic oxidation sites excluding steroid dienone is 18. The van der Waals surface area contributed by atoms with Gasteiger partial charge in [-0.15, -0.1) is 0 Å². The molecule has 3 aliphatic rings. The van der Waals surface area contributed by atoms with Crippen molar-refractivity contribution in [2.24, 2.45) is 0 Å². The van der Waals surface area contributed by atoms with E-state index in [0.29, 0.717) is 19.3 Å². The summed E-state index contributed by atoms with van der Waals surface area (Å²) < 4.78 is 34.5. The summed E-state index contributed by atoms with van der Waals surface area (Å²) in [5.41, 5.74) is 0. The average Bonchev–Trinajstić information content (AvgIpc) is 0.783. The lowest BCUT2D eigenvalue weighted by Gasteiger charge is -2.48. The first-order chi connectivity index (χ1) is 50.8. The molecule has 17 atom stereocenters. The molecule has 0 spiro atoms. The van der Waals surface area contributed by atoms with Gasteiger partial charge in [-0.25, -0.2) is 0 Å². The van der Waals surface area contributed by atoms with E-state index in [-0.39, 0.29) is 18.9 Å². The monoisotopic (exact) mass is 1470 g/mol. The minimum Gasteiger partial charge on any atom is -0.394 e. The summed E-state index contributed by atoms with van der Waals surface area (Å²) in [7, 11) is 0. The van der Waals surface area contributed by atoms with Crippen molar-refractivity contribution in [1.29, 1.82) is 0 Å². The Morgan fingerprint density at radius 3 is 1.03 bits per heavy atom. The number of aliphatic hydroxyl groups excluding tert-OH is 11. The van der Waals surface area contributed by atoms with Gasteiger partial charge in [0, 0.05) is 6.42 Å². The predicted molar refractivity (Wildman–Crippen MR) is 415 cm³/mol. The van der Waals surface area contributed by atoms with Gasteiger partial charge in [0.2, 0.25) is 5.91 Å². The van der Waals surface area contributed by atoms with Crippen LogP contribution in [-0.4, -0.2) is 193 Å². The molecule has 104 heavy (non-hydrogen) atoms. The standard InChI is InChI=1S/C85H147NO18/c1-3-5-7-9-11-13-15-17-19-21-23-25-27-29-31-33-34-35-37-39-41-43-45-47-49-51-53-55-57-59-61-63-73(91)86-68(69(90)62-60-58-56-54-52-50-48-46-44-42-40-38-36-32-30-28-26-24-22-20-18-16-14-12-10-8-6-4-2)67-99-83-79(97)76(94)81(71(65-88)101-83)104-85-80(98)77(95)82(72(66-89)102-85)103-84-78(96)75(93)74(92)70(64-87)100-84/h5,7,11,13,17,19,23,25,29,31,34-35,39,41,45,47,51,53,68-72,74-85,87-90,92-98H,3-4,6,8-10,12,14-16,18,20-22,24,26-28,30,32-33,36-38,40,42-44,46,48-50,52,54-67H2,1-2H3,(H,86,91)/b7-5-,13-11-,19-17-,25-23-,31-29-,35-34-,41-39-,47-45-,53-51-. The van der Waals surface area contributed by atoms with Crippen LogP contribution in [0.3, 0.4) is 0 Å². The van der Waals surface area contributed by atoms with Gasteiger partial charge in [0.1, 0.15) is 73.2 Å². The van der Waals surface area contributed by atoms with Crippen LogP contribution in [0.15, 0.2) is 109 Å². The highest BCUT2D eigenvalue weighted by Gasteiger charge is 2.54. The van der Waals surface area contributed by atoms with Crippen molar-refractivity contribution in [3.05, 3.63) is 109 Å². The normalized spacial score (nSPS) is 26.5. The van der Waals surface area contributed by atoms with Gasteiger partial charge in [0.15, 0.2) is 18.9 Å². The molecule has 3 fully saturated rings. The van der Waals surface area contributed by atoms with Crippen molar-refractivity contribution < 1.29 is 89.4 Å². The molecule has 0 aromatic rings. The molecule has 3 heterocycles. The highest BCUT2D eigenvalue weighted by Crippen LogP contribution is 2.33. The van der Waals surface area contributed by atoms with Gasteiger partial charge >= 0.3 is 0 Å². The zero-order chi connectivity index (χ0) is 75.3. The van der Waals surface area contributed by atoms with E-state index in [0.717, 1.165) is 96.3 Å². The largest absolute Gasteiger partial charge is 0.394 e. The molecule has 3 aliphatic heterocycles. The Labute approximate surface area is 627 Å². The van der Waals surface area contributed by atoms with E-state index >= 15 is 0 Å². The molecule has 17 unspecified atom stereocenters. The summed E-state index contributed by atoms with van der Waals surface area (Å²) in [4.78, 5) is 13.5. The fraction of sp³-hybridized carbons (Fsp3) is 0.776. The Morgan fingerprint density at radius 1 is 0.356 bits per heavy atom. The molecule has 0 aliphatic carbocycles. The van der Waals surface area contributed by atoms with Gasteiger partial charge in [0.25, 0.3) is 0 Å². The summed E-state index contributed by atoms with van der Waals surface area (Å²) in [6.45, 7) is 1.69. The molecule has 0 aromatic heterocycles. The summed E-state index contributed by atoms with van der Waals surface area (Å²) in [5.74, 6) is -0.276. The number of hydrogen-bond acceptors (Lipinski definition) is 18. The minimum absolute atomic E-state index is 0.220. The Hall–Kier alpha value is -3.55. The van der Waals surface area contributed by atoms with Crippen LogP contribution in [0.1, 0.15) is 290 Å². The predicted octanol–water partition coefficient (Wildman–Crippen LogP) is 14.1. The van der Waals surface area contributed by atoms with Crippen molar-refractivity contribution >= 4 is 5.91 Å². The molecule has 0 radical (unpaired) electrons. The van der Waals surface area contributed by atoms with Crippen LogP contribution in [0, 0.1) is 0 Å². The maximum Gasteiger partial charge on any atom is 0.220 e. The van der Waals surface area contributed by atoms with Crippen molar-refractivity contribution in [2.45, 2.75) is 394 Å². The van der Waals surface area contributed by atoms with E-state index < -0.39 is 124 Å². The number of aliphatic hydroxyl groups is 11. The highest BCUT2D eigenvalue weighted by atomic mass is 16.8. The van der Waals surface area contributed by atoms with Crippen LogP contribution >= 0.6 is 0 Å². The third-order valence-electron chi connectivity index (χ3n) is 19.9. The summed E-state index contributed by atoms with van der Waals surface area (Å²) >= 11 is 0. The van der Waals surface area contributed by atoms with Crippen molar-refractivity contribution in [3.8, 4) is 0 Å². The quantitative estimate of drug-likeness (QED) is 0.0199. The van der Waals surface area contributed by atoms with E-state index in [4.69, 9.17) is 28.4 Å². The molecule has 1 amide bonds. The minimum atomic E-state index is -1.98. The Morgan fingerprint density at radius 2 is 0.663 bits per heavy atom. The lowest BCUT2D eigenvalue weighted by molar-refractivity contribution is -0.379. The molecule has 0 aromatic carbocycles. The molecule has 3 rings (SSSR count). The summed E-state index contributed by atoms with van der Waals surface area (Å²) in [6, 6.07) is -0.916. The second kappa shape index (κ2) is 64.3. The van der Waals surface area contributed by atoms with E-state index in [1.54, 1.807) is 0 Å². The fourth-order valence-electron chi connectivity index (χ4n) is 13.3. The topological polar surface area (TPSA) is 307 Å². The molecule has 19 nitrogen and oxygen atoms in total. The number of nitrogens with one attached hydrogen (secondary N) is 1. The highest BCUT2D eigenvalue weighted by molar-refractivity contribution is 5.76. The lowest BCUT2D eigenvalue weighted by atomic mass is 9.96. The van der Waals surface area contributed by atoms with E-state index in [2.05, 4.69) is 129 Å². The van der Waals surface area contributed by atoms with Crippen molar-refractivity contribution in [1.82, 2.24) is 5.32 Å². The number of rotatable bonds is 64. The van der Waals surface area contributed by atoms with Crippen LogP contribution < -0.4 is 5.32 Å². The first-order valence-electron chi connectivity index (χ1n) is 41.1. The van der Waals surface area contributed by atoms with Gasteiger partial charge in [0.05, 0.1) is 38.6 Å². The smallest absolute Gasteiger partial charge is 0.220 e. The van der Waals surface area contributed by atoms with Crippen LogP contribution in [0.5, 0.6) is 0 Å². The number of unbranched alkanes of at least 4 members (excludes halogenated alkanes) is 30. The van der Waals surface area contributed by atoms with Crippen molar-refractivity contribution in [3.63, 3.8) is 0 Å². The van der Waals surface area contributed by atoms with Crippen LogP contribution in [-0.2, 0) is 33.2 Å². The van der Waals surface area contributed by atoms with Gasteiger partial charge in [-0.2, -0.15) is 0 Å².